The van der Waals surface area contributed by atoms with Crippen molar-refractivity contribution in [2.24, 2.45) is 11.3 Å². The molecule has 132 valence electrons. The molecule has 1 saturated carbocycles. The van der Waals surface area contributed by atoms with Crippen LogP contribution >= 0.6 is 0 Å². The number of hydrogen-bond acceptors (Lipinski definition) is 4. The largest absolute Gasteiger partial charge is 0.504 e. The highest BCUT2D eigenvalue weighted by Gasteiger charge is 2.54. The van der Waals surface area contributed by atoms with E-state index in [-0.39, 0.29) is 22.8 Å². The predicted molar refractivity (Wildman–Crippen MR) is 92.2 cm³/mol. The van der Waals surface area contributed by atoms with Crippen LogP contribution in [0.5, 0.6) is 11.5 Å². The Morgan fingerprint density at radius 2 is 1.88 bits per heavy atom. The van der Waals surface area contributed by atoms with Crippen molar-refractivity contribution in [2.75, 3.05) is 0 Å². The molecule has 0 saturated heterocycles. The minimum Gasteiger partial charge on any atom is -0.504 e. The van der Waals surface area contributed by atoms with E-state index in [0.717, 1.165) is 37.5 Å². The van der Waals surface area contributed by atoms with Gasteiger partial charge in [0, 0.05) is 11.1 Å². The first kappa shape index (κ1) is 17.3. The highest BCUT2D eigenvalue weighted by atomic mass is 16.3. The van der Waals surface area contributed by atoms with Crippen LogP contribution in [0.4, 0.5) is 0 Å². The Hall–Kier alpha value is -1.55. The van der Waals surface area contributed by atoms with Crippen molar-refractivity contribution in [3.05, 3.63) is 22.8 Å². The number of benzene rings is 1. The molecule has 1 aromatic rings. The maximum Gasteiger partial charge on any atom is 0.163 e. The quantitative estimate of drug-likeness (QED) is 0.572. The van der Waals surface area contributed by atoms with Crippen molar-refractivity contribution in [3.8, 4) is 11.5 Å². The molecule has 0 radical (unpaired) electrons. The fourth-order valence-corrected chi connectivity index (χ4v) is 5.23. The summed E-state index contributed by atoms with van der Waals surface area (Å²) in [6, 6.07) is 1.77. The molecule has 3 rings (SSSR count). The molecule has 0 aliphatic heterocycles. The van der Waals surface area contributed by atoms with Crippen molar-refractivity contribution in [3.63, 3.8) is 0 Å². The van der Waals surface area contributed by atoms with Gasteiger partial charge in [0.15, 0.2) is 11.5 Å². The Labute approximate surface area is 143 Å². The maximum atomic E-state index is 12.3. The van der Waals surface area contributed by atoms with Crippen LogP contribution in [0.15, 0.2) is 6.07 Å². The summed E-state index contributed by atoms with van der Waals surface area (Å²) in [6.07, 6.45) is 5.32. The summed E-state index contributed by atoms with van der Waals surface area (Å²) in [6.45, 7) is 7.56. The van der Waals surface area contributed by atoms with Gasteiger partial charge in [-0.1, -0.05) is 20.3 Å². The number of fused-ring (bicyclic) bond motifs is 3. The normalized spacial score (nSPS) is 28.8. The minimum atomic E-state index is -1.26. The highest BCUT2D eigenvalue weighted by Crippen LogP contribution is 2.59. The minimum absolute atomic E-state index is 0.0217. The van der Waals surface area contributed by atoms with Gasteiger partial charge in [-0.2, -0.15) is 0 Å². The third-order valence-electron chi connectivity index (χ3n) is 6.37. The topological polar surface area (TPSA) is 77.8 Å². The van der Waals surface area contributed by atoms with E-state index in [1.165, 1.54) is 0 Å². The van der Waals surface area contributed by atoms with Gasteiger partial charge in [-0.05, 0) is 62.5 Å². The van der Waals surface area contributed by atoms with Gasteiger partial charge in [-0.3, -0.25) is 0 Å². The standard InChI is InChI=1S/C20H28O4/c1-18(2)8-5-9-20(11-21)14(18)7-6-12-10-13(19(3,4)24)16(22)17(23)15(12)20/h10-11,14,22-24H,5-9H2,1-4H3/t14-,20+/m0/s1. The van der Waals surface area contributed by atoms with E-state index < -0.39 is 11.0 Å². The molecule has 0 aromatic heterocycles. The van der Waals surface area contributed by atoms with E-state index in [4.69, 9.17) is 0 Å². The van der Waals surface area contributed by atoms with Gasteiger partial charge in [0.05, 0.1) is 11.0 Å². The molecule has 0 amide bonds. The Bertz CT molecular complexity index is 684. The van der Waals surface area contributed by atoms with Gasteiger partial charge in [0.2, 0.25) is 0 Å². The average Bonchev–Trinajstić information content (AvgIpc) is 2.48. The van der Waals surface area contributed by atoms with Crippen LogP contribution in [-0.4, -0.2) is 21.6 Å². The van der Waals surface area contributed by atoms with Crippen molar-refractivity contribution >= 4 is 6.29 Å². The van der Waals surface area contributed by atoms with Crippen molar-refractivity contribution in [1.82, 2.24) is 0 Å². The lowest BCUT2D eigenvalue weighted by atomic mass is 9.50. The first-order valence-electron chi connectivity index (χ1n) is 8.82. The zero-order valence-electron chi connectivity index (χ0n) is 15.0. The second-order valence-corrected chi connectivity index (χ2v) is 8.81. The fourth-order valence-electron chi connectivity index (χ4n) is 5.23. The van der Waals surface area contributed by atoms with E-state index in [0.29, 0.717) is 17.5 Å². The Kier molecular flexibility index (Phi) is 3.76. The number of carbonyl (C=O) groups is 1. The van der Waals surface area contributed by atoms with E-state index in [2.05, 4.69) is 13.8 Å². The summed E-state index contributed by atoms with van der Waals surface area (Å²) in [5.41, 5.74) is -0.194. The summed E-state index contributed by atoms with van der Waals surface area (Å²) in [5.74, 6) is -0.368. The van der Waals surface area contributed by atoms with Crippen LogP contribution in [-0.2, 0) is 22.2 Å². The number of hydrogen-bond donors (Lipinski definition) is 3. The zero-order chi connectivity index (χ0) is 17.9. The number of phenolic OH excluding ortho intramolecular Hbond substituents is 2. The van der Waals surface area contributed by atoms with Crippen molar-refractivity contribution in [2.45, 2.75) is 70.8 Å². The molecular formula is C20H28O4. The molecule has 0 unspecified atom stereocenters. The lowest BCUT2D eigenvalue weighted by Crippen LogP contribution is -2.50. The van der Waals surface area contributed by atoms with Crippen LogP contribution < -0.4 is 0 Å². The number of carbonyl (C=O) groups excluding carboxylic acids is 1. The van der Waals surface area contributed by atoms with E-state index in [1.54, 1.807) is 19.9 Å². The second kappa shape index (κ2) is 5.22. The molecular weight excluding hydrogens is 304 g/mol. The first-order valence-corrected chi connectivity index (χ1v) is 8.82. The van der Waals surface area contributed by atoms with Gasteiger partial charge < -0.3 is 20.1 Å². The van der Waals surface area contributed by atoms with Gasteiger partial charge in [0.1, 0.15) is 6.29 Å². The summed E-state index contributed by atoms with van der Waals surface area (Å²) in [4.78, 5) is 12.3. The number of rotatable bonds is 2. The monoisotopic (exact) mass is 332 g/mol. The summed E-state index contributed by atoms with van der Waals surface area (Å²) in [5, 5.41) is 31.6. The molecule has 2 aliphatic rings. The molecule has 4 heteroatoms. The van der Waals surface area contributed by atoms with Gasteiger partial charge in [0.25, 0.3) is 0 Å². The Morgan fingerprint density at radius 3 is 2.46 bits per heavy atom. The van der Waals surface area contributed by atoms with Crippen LogP contribution in [0.3, 0.4) is 0 Å². The number of aromatic hydroxyl groups is 2. The number of aliphatic hydroxyl groups is 1. The van der Waals surface area contributed by atoms with E-state index in [9.17, 15) is 20.1 Å². The highest BCUT2D eigenvalue weighted by molar-refractivity contribution is 5.76. The lowest BCUT2D eigenvalue weighted by molar-refractivity contribution is -0.120. The van der Waals surface area contributed by atoms with E-state index >= 15 is 0 Å². The molecule has 3 N–H and O–H groups in total. The van der Waals surface area contributed by atoms with Crippen LogP contribution in [0.25, 0.3) is 0 Å². The van der Waals surface area contributed by atoms with Crippen molar-refractivity contribution < 1.29 is 20.1 Å². The molecule has 4 nitrogen and oxygen atoms in total. The smallest absolute Gasteiger partial charge is 0.163 e. The Balaban J connectivity index is 2.27. The summed E-state index contributed by atoms with van der Waals surface area (Å²) in [7, 11) is 0. The molecule has 0 bridgehead atoms. The molecule has 24 heavy (non-hydrogen) atoms. The predicted octanol–water partition coefficient (Wildman–Crippen LogP) is 3.53. The summed E-state index contributed by atoms with van der Waals surface area (Å²) >= 11 is 0. The number of aldehydes is 1. The average molecular weight is 332 g/mol. The maximum absolute atomic E-state index is 12.3. The molecule has 2 atom stereocenters. The molecule has 2 aliphatic carbocycles. The second-order valence-electron chi connectivity index (χ2n) is 8.81. The van der Waals surface area contributed by atoms with E-state index in [1.807, 2.05) is 0 Å². The lowest BCUT2D eigenvalue weighted by Gasteiger charge is -2.53. The van der Waals surface area contributed by atoms with Gasteiger partial charge in [-0.25, -0.2) is 0 Å². The van der Waals surface area contributed by atoms with Gasteiger partial charge >= 0.3 is 0 Å². The Morgan fingerprint density at radius 1 is 1.21 bits per heavy atom. The zero-order valence-corrected chi connectivity index (χ0v) is 15.0. The third-order valence-corrected chi connectivity index (χ3v) is 6.37. The first-order chi connectivity index (χ1) is 11.0. The third kappa shape index (κ3) is 2.26. The number of phenols is 2. The molecule has 0 spiro atoms. The molecule has 1 aromatic carbocycles. The fraction of sp³-hybridized carbons (Fsp3) is 0.650. The molecule has 1 fully saturated rings. The number of aryl methyl sites for hydroxylation is 1. The van der Waals surface area contributed by atoms with Gasteiger partial charge in [-0.15, -0.1) is 0 Å². The SMILES string of the molecule is CC(C)(O)c1cc2c(c(O)c1O)[C@@]1(C=O)CCCC(C)(C)[C@@H]1CC2. The molecule has 0 heterocycles. The van der Waals surface area contributed by atoms with Crippen molar-refractivity contribution in [1.29, 1.82) is 0 Å². The van der Waals surface area contributed by atoms with Crippen LogP contribution in [0, 0.1) is 11.3 Å². The van der Waals surface area contributed by atoms with Crippen LogP contribution in [0.2, 0.25) is 0 Å². The van der Waals surface area contributed by atoms with Crippen LogP contribution in [0.1, 0.15) is 70.1 Å². The summed E-state index contributed by atoms with van der Waals surface area (Å²) < 4.78 is 0.